The van der Waals surface area contributed by atoms with Gasteiger partial charge in [0.15, 0.2) is 10.9 Å². The van der Waals surface area contributed by atoms with Crippen LogP contribution in [0.4, 0.5) is 4.39 Å². The van der Waals surface area contributed by atoms with Gasteiger partial charge in [-0.05, 0) is 55.7 Å². The second kappa shape index (κ2) is 9.53. The number of benzene rings is 2. The van der Waals surface area contributed by atoms with E-state index in [2.05, 4.69) is 0 Å². The molecule has 30 heavy (non-hydrogen) atoms. The third-order valence-electron chi connectivity index (χ3n) is 5.18. The minimum atomic E-state index is -0.353. The Bertz CT molecular complexity index is 1090. The molecule has 156 valence electrons. The van der Waals surface area contributed by atoms with E-state index in [0.29, 0.717) is 46.8 Å². The predicted molar refractivity (Wildman–Crippen MR) is 116 cm³/mol. The van der Waals surface area contributed by atoms with Crippen LogP contribution in [0.5, 0.6) is 0 Å². The number of fused-ring (bicyclic) bond motifs is 1. The van der Waals surface area contributed by atoms with Crippen molar-refractivity contribution in [3.05, 3.63) is 70.3 Å². The van der Waals surface area contributed by atoms with E-state index in [1.807, 2.05) is 18.2 Å². The van der Waals surface area contributed by atoms with Gasteiger partial charge in [-0.1, -0.05) is 23.9 Å². The zero-order valence-corrected chi connectivity index (χ0v) is 17.4. The molecule has 2 aromatic carbocycles. The fourth-order valence-electron chi connectivity index (χ4n) is 3.59. The van der Waals surface area contributed by atoms with Gasteiger partial charge in [-0.3, -0.25) is 14.2 Å². The standard InChI is InChI=1S/C23H23FN2O3S/c24-17-11-9-16(10-12-17)21(27)8-4-14-30-23-25-20-7-2-1-6-19(20)22(28)26(23)15-18-5-3-13-29-18/h1-2,6-7,9-12,18H,3-5,8,13-15H2/t18-/m1/s1. The van der Waals surface area contributed by atoms with E-state index < -0.39 is 0 Å². The summed E-state index contributed by atoms with van der Waals surface area (Å²) in [5, 5.41) is 1.26. The van der Waals surface area contributed by atoms with Crippen LogP contribution in [0.2, 0.25) is 0 Å². The summed E-state index contributed by atoms with van der Waals surface area (Å²) in [6.07, 6.45) is 2.99. The molecule has 1 saturated heterocycles. The zero-order valence-electron chi connectivity index (χ0n) is 16.6. The highest BCUT2D eigenvalue weighted by molar-refractivity contribution is 7.99. The number of ketones is 1. The van der Waals surface area contributed by atoms with Crippen molar-refractivity contribution in [2.24, 2.45) is 0 Å². The first kappa shape index (κ1) is 20.8. The molecule has 1 fully saturated rings. The maximum absolute atomic E-state index is 13.1. The number of rotatable bonds is 8. The lowest BCUT2D eigenvalue weighted by molar-refractivity contribution is 0.0937. The molecule has 0 unspecified atom stereocenters. The van der Waals surface area contributed by atoms with Crippen LogP contribution in [0.15, 0.2) is 58.5 Å². The van der Waals surface area contributed by atoms with Gasteiger partial charge in [0.25, 0.3) is 5.56 Å². The van der Waals surface area contributed by atoms with E-state index >= 15 is 0 Å². The maximum atomic E-state index is 13.1. The van der Waals surface area contributed by atoms with Crippen LogP contribution in [0.3, 0.4) is 0 Å². The number of hydrogen-bond acceptors (Lipinski definition) is 5. The summed E-state index contributed by atoms with van der Waals surface area (Å²) in [4.78, 5) is 30.0. The van der Waals surface area contributed by atoms with Crippen LogP contribution < -0.4 is 5.56 Å². The summed E-state index contributed by atoms with van der Waals surface area (Å²) in [6, 6.07) is 13.0. The number of carbonyl (C=O) groups is 1. The normalized spacial score (nSPS) is 16.2. The highest BCUT2D eigenvalue weighted by atomic mass is 32.2. The third kappa shape index (κ3) is 4.79. The second-order valence-electron chi connectivity index (χ2n) is 7.34. The number of para-hydroxylation sites is 1. The molecular weight excluding hydrogens is 403 g/mol. The van der Waals surface area contributed by atoms with Gasteiger partial charge in [0.2, 0.25) is 0 Å². The van der Waals surface area contributed by atoms with Crippen LogP contribution in [0, 0.1) is 5.82 Å². The number of ether oxygens (including phenoxy) is 1. The molecule has 3 aromatic rings. The van der Waals surface area contributed by atoms with Gasteiger partial charge in [-0.2, -0.15) is 0 Å². The van der Waals surface area contributed by atoms with Crippen molar-refractivity contribution in [3.63, 3.8) is 0 Å². The molecule has 0 aliphatic carbocycles. The van der Waals surface area contributed by atoms with Gasteiger partial charge in [0, 0.05) is 24.3 Å². The SMILES string of the molecule is O=C(CCCSc1nc2ccccc2c(=O)n1C[C@H]1CCCO1)c1ccc(F)cc1. The van der Waals surface area contributed by atoms with Gasteiger partial charge in [-0.25, -0.2) is 9.37 Å². The van der Waals surface area contributed by atoms with Crippen LogP contribution in [0.25, 0.3) is 10.9 Å². The molecule has 7 heteroatoms. The first-order valence-corrected chi connectivity index (χ1v) is 11.1. The molecule has 5 nitrogen and oxygen atoms in total. The van der Waals surface area contributed by atoms with Crippen molar-refractivity contribution in [1.29, 1.82) is 0 Å². The number of aromatic nitrogens is 2. The Kier molecular flexibility index (Phi) is 6.59. The molecule has 1 aliphatic heterocycles. The van der Waals surface area contributed by atoms with E-state index in [1.54, 1.807) is 10.6 Å². The van der Waals surface area contributed by atoms with Gasteiger partial charge >= 0.3 is 0 Å². The highest BCUT2D eigenvalue weighted by Crippen LogP contribution is 2.22. The molecule has 1 aromatic heterocycles. The first-order valence-electron chi connectivity index (χ1n) is 10.1. The summed E-state index contributed by atoms with van der Waals surface area (Å²) in [6.45, 7) is 1.22. The minimum Gasteiger partial charge on any atom is -0.376 e. The number of thioether (sulfide) groups is 1. The molecule has 0 saturated carbocycles. The lowest BCUT2D eigenvalue weighted by Crippen LogP contribution is -2.28. The molecule has 0 bridgehead atoms. The zero-order chi connectivity index (χ0) is 20.9. The van der Waals surface area contributed by atoms with Crippen LogP contribution >= 0.6 is 11.8 Å². The third-order valence-corrected chi connectivity index (χ3v) is 6.25. The Morgan fingerprint density at radius 1 is 1.20 bits per heavy atom. The molecule has 0 radical (unpaired) electrons. The molecular formula is C23H23FN2O3S. The van der Waals surface area contributed by atoms with Crippen molar-refractivity contribution >= 4 is 28.4 Å². The summed E-state index contributed by atoms with van der Waals surface area (Å²) in [7, 11) is 0. The van der Waals surface area contributed by atoms with E-state index in [4.69, 9.17) is 9.72 Å². The first-order chi connectivity index (χ1) is 14.6. The molecule has 0 amide bonds. The number of halogens is 1. The molecule has 1 aliphatic rings. The Balaban J connectivity index is 1.46. The van der Waals surface area contributed by atoms with Crippen molar-refractivity contribution < 1.29 is 13.9 Å². The fraction of sp³-hybridized carbons (Fsp3) is 0.348. The van der Waals surface area contributed by atoms with Crippen LogP contribution in [0.1, 0.15) is 36.0 Å². The Morgan fingerprint density at radius 2 is 2.00 bits per heavy atom. The largest absolute Gasteiger partial charge is 0.376 e. The van der Waals surface area contributed by atoms with Crippen LogP contribution in [-0.4, -0.2) is 33.8 Å². The van der Waals surface area contributed by atoms with E-state index in [9.17, 15) is 14.0 Å². The summed E-state index contributed by atoms with van der Waals surface area (Å²) < 4.78 is 20.5. The quantitative estimate of drug-likeness (QED) is 0.230. The number of hydrogen-bond donors (Lipinski definition) is 0. The van der Waals surface area contributed by atoms with E-state index in [0.717, 1.165) is 19.4 Å². The molecule has 2 heterocycles. The van der Waals surface area contributed by atoms with Gasteiger partial charge in [0.05, 0.1) is 23.6 Å². The average Bonchev–Trinajstić information content (AvgIpc) is 3.27. The van der Waals surface area contributed by atoms with Crippen molar-refractivity contribution in [3.8, 4) is 0 Å². The average molecular weight is 427 g/mol. The smallest absolute Gasteiger partial charge is 0.262 e. The highest BCUT2D eigenvalue weighted by Gasteiger charge is 2.20. The van der Waals surface area contributed by atoms with Crippen molar-refractivity contribution in [1.82, 2.24) is 9.55 Å². The Morgan fingerprint density at radius 3 is 2.77 bits per heavy atom. The molecule has 0 N–H and O–H groups in total. The number of Topliss-reactive ketones (excluding diaryl/α,β-unsaturated/α-hetero) is 1. The van der Waals surface area contributed by atoms with Gasteiger partial charge in [0.1, 0.15) is 5.82 Å². The van der Waals surface area contributed by atoms with E-state index in [-0.39, 0.29) is 23.3 Å². The minimum absolute atomic E-state index is 0.0150. The fourth-order valence-corrected chi connectivity index (χ4v) is 4.53. The van der Waals surface area contributed by atoms with Gasteiger partial charge in [-0.15, -0.1) is 0 Å². The number of carbonyl (C=O) groups excluding carboxylic acids is 1. The number of nitrogens with zero attached hydrogens (tertiary/aromatic N) is 2. The van der Waals surface area contributed by atoms with E-state index in [1.165, 1.54) is 36.0 Å². The molecule has 1 atom stereocenters. The second-order valence-corrected chi connectivity index (χ2v) is 8.41. The maximum Gasteiger partial charge on any atom is 0.262 e. The van der Waals surface area contributed by atoms with Crippen molar-refractivity contribution in [2.45, 2.75) is 43.5 Å². The van der Waals surface area contributed by atoms with Crippen LogP contribution in [-0.2, 0) is 11.3 Å². The predicted octanol–water partition coefficient (Wildman–Crippen LogP) is 4.47. The summed E-state index contributed by atoms with van der Waals surface area (Å²) in [5.41, 5.74) is 1.14. The summed E-state index contributed by atoms with van der Waals surface area (Å²) >= 11 is 1.48. The lowest BCUT2D eigenvalue weighted by Gasteiger charge is -2.16. The van der Waals surface area contributed by atoms with Gasteiger partial charge < -0.3 is 4.74 Å². The Hall–Kier alpha value is -2.51. The summed E-state index contributed by atoms with van der Waals surface area (Å²) in [5.74, 6) is 0.288. The van der Waals surface area contributed by atoms with Crippen molar-refractivity contribution in [2.75, 3.05) is 12.4 Å². The monoisotopic (exact) mass is 426 g/mol. The molecule has 4 rings (SSSR count). The molecule has 0 spiro atoms. The topological polar surface area (TPSA) is 61.2 Å². The Labute approximate surface area is 178 Å². The lowest BCUT2D eigenvalue weighted by atomic mass is 10.1.